The fraction of sp³-hybridized carbons (Fsp3) is 0. The number of anilines is 1. The van der Waals surface area contributed by atoms with Gasteiger partial charge >= 0.3 is 0 Å². The molecule has 0 aliphatic heterocycles. The van der Waals surface area contributed by atoms with Crippen LogP contribution in [0, 0.1) is 0 Å². The number of benzene rings is 3. The standard InChI is InChI=1S/C21H15ClN4S/c22-14-9-11-15(12-10-14)24-21(27)26-23-13-18-16-5-1-3-7-19(16)25-20-8-4-2-6-17(18)20/h1-13H,(H2,24,26,27)/b23-13-. The average Bonchev–Trinajstić information content (AvgIpc) is 2.69. The van der Waals surface area contributed by atoms with Crippen LogP contribution in [0.5, 0.6) is 0 Å². The first-order chi connectivity index (χ1) is 13.2. The van der Waals surface area contributed by atoms with Crippen molar-refractivity contribution in [3.8, 4) is 0 Å². The predicted molar refractivity (Wildman–Crippen MR) is 118 cm³/mol. The Labute approximate surface area is 166 Å². The molecule has 132 valence electrons. The fourth-order valence-electron chi connectivity index (χ4n) is 2.86. The summed E-state index contributed by atoms with van der Waals surface area (Å²) in [4.78, 5) is 4.71. The number of hydrogen-bond donors (Lipinski definition) is 2. The molecule has 0 aliphatic carbocycles. The van der Waals surface area contributed by atoms with Crippen molar-refractivity contribution in [1.82, 2.24) is 10.4 Å². The van der Waals surface area contributed by atoms with E-state index >= 15 is 0 Å². The van der Waals surface area contributed by atoms with Gasteiger partial charge in [-0.1, -0.05) is 48.0 Å². The number of hydrazone groups is 1. The molecule has 1 aromatic heterocycles. The van der Waals surface area contributed by atoms with Crippen molar-refractivity contribution in [2.75, 3.05) is 5.32 Å². The predicted octanol–water partition coefficient (Wildman–Crippen LogP) is 5.36. The van der Waals surface area contributed by atoms with Crippen molar-refractivity contribution in [2.45, 2.75) is 0 Å². The van der Waals surface area contributed by atoms with Gasteiger partial charge in [0, 0.05) is 27.0 Å². The zero-order valence-electron chi connectivity index (χ0n) is 14.2. The van der Waals surface area contributed by atoms with Crippen LogP contribution in [-0.4, -0.2) is 16.3 Å². The van der Waals surface area contributed by atoms with E-state index in [0.29, 0.717) is 10.1 Å². The molecule has 0 spiro atoms. The summed E-state index contributed by atoms with van der Waals surface area (Å²) in [5.41, 5.74) is 6.56. The minimum atomic E-state index is 0.399. The van der Waals surface area contributed by atoms with Crippen LogP contribution in [0.1, 0.15) is 5.56 Å². The normalized spacial score (nSPS) is 11.1. The second-order valence-electron chi connectivity index (χ2n) is 5.89. The van der Waals surface area contributed by atoms with Gasteiger partial charge in [-0.2, -0.15) is 5.10 Å². The van der Waals surface area contributed by atoms with Crippen LogP contribution in [0.15, 0.2) is 77.9 Å². The van der Waals surface area contributed by atoms with Crippen LogP contribution in [-0.2, 0) is 0 Å². The molecule has 4 rings (SSSR count). The number of thiocarbonyl (C=S) groups is 1. The number of nitrogens with one attached hydrogen (secondary N) is 2. The molecule has 0 radical (unpaired) electrons. The Morgan fingerprint density at radius 3 is 2.11 bits per heavy atom. The first-order valence-electron chi connectivity index (χ1n) is 8.34. The lowest BCUT2D eigenvalue weighted by Crippen LogP contribution is -2.23. The third-order valence-corrected chi connectivity index (χ3v) is 4.54. The summed E-state index contributed by atoms with van der Waals surface area (Å²) in [7, 11) is 0. The summed E-state index contributed by atoms with van der Waals surface area (Å²) >= 11 is 11.2. The summed E-state index contributed by atoms with van der Waals surface area (Å²) in [6.07, 6.45) is 1.78. The Hall–Kier alpha value is -3.02. The van der Waals surface area contributed by atoms with E-state index in [4.69, 9.17) is 28.8 Å². The van der Waals surface area contributed by atoms with Crippen LogP contribution in [0.2, 0.25) is 5.02 Å². The molecule has 0 saturated heterocycles. The lowest BCUT2D eigenvalue weighted by molar-refractivity contribution is 1.05. The summed E-state index contributed by atoms with van der Waals surface area (Å²) in [5.74, 6) is 0. The SMILES string of the molecule is S=C(N/N=C\c1c2ccccc2nc2ccccc12)Nc1ccc(Cl)cc1. The molecule has 2 N–H and O–H groups in total. The van der Waals surface area contributed by atoms with E-state index in [9.17, 15) is 0 Å². The average molecular weight is 391 g/mol. The van der Waals surface area contributed by atoms with Crippen molar-refractivity contribution in [2.24, 2.45) is 5.10 Å². The Kier molecular flexibility index (Phi) is 4.96. The number of para-hydroxylation sites is 2. The van der Waals surface area contributed by atoms with E-state index in [-0.39, 0.29) is 0 Å². The van der Waals surface area contributed by atoms with Crippen LogP contribution in [0.4, 0.5) is 5.69 Å². The smallest absolute Gasteiger partial charge is 0.191 e. The summed E-state index contributed by atoms with van der Waals surface area (Å²) in [6, 6.07) is 23.3. The molecule has 6 heteroatoms. The highest BCUT2D eigenvalue weighted by Crippen LogP contribution is 2.24. The second kappa shape index (κ2) is 7.70. The van der Waals surface area contributed by atoms with E-state index in [1.165, 1.54) is 0 Å². The lowest BCUT2D eigenvalue weighted by atomic mass is 10.0. The van der Waals surface area contributed by atoms with Crippen molar-refractivity contribution in [3.05, 3.63) is 83.4 Å². The third-order valence-electron chi connectivity index (χ3n) is 4.09. The fourth-order valence-corrected chi connectivity index (χ4v) is 3.16. The monoisotopic (exact) mass is 390 g/mol. The van der Waals surface area contributed by atoms with Crippen LogP contribution in [0.3, 0.4) is 0 Å². The Morgan fingerprint density at radius 2 is 1.48 bits per heavy atom. The lowest BCUT2D eigenvalue weighted by Gasteiger charge is -2.08. The Balaban J connectivity index is 1.60. The quantitative estimate of drug-likeness (QED) is 0.214. The number of pyridine rings is 1. The maximum absolute atomic E-state index is 5.89. The second-order valence-corrected chi connectivity index (χ2v) is 6.74. The van der Waals surface area contributed by atoms with Gasteiger partial charge in [0.2, 0.25) is 0 Å². The number of rotatable bonds is 3. The zero-order valence-corrected chi connectivity index (χ0v) is 15.8. The van der Waals surface area contributed by atoms with E-state index in [0.717, 1.165) is 33.1 Å². The zero-order chi connectivity index (χ0) is 18.6. The van der Waals surface area contributed by atoms with Crippen molar-refractivity contribution in [1.29, 1.82) is 0 Å². The van der Waals surface area contributed by atoms with Crippen LogP contribution in [0.25, 0.3) is 21.8 Å². The minimum Gasteiger partial charge on any atom is -0.331 e. The number of aromatic nitrogens is 1. The molecular weight excluding hydrogens is 376 g/mol. The molecule has 3 aromatic carbocycles. The van der Waals surface area contributed by atoms with Crippen LogP contribution >= 0.6 is 23.8 Å². The Morgan fingerprint density at radius 1 is 0.889 bits per heavy atom. The molecule has 1 heterocycles. The van der Waals surface area contributed by atoms with Crippen molar-refractivity contribution in [3.63, 3.8) is 0 Å². The molecule has 0 atom stereocenters. The maximum atomic E-state index is 5.89. The van der Waals surface area contributed by atoms with Crippen LogP contribution < -0.4 is 10.7 Å². The van der Waals surface area contributed by atoms with Gasteiger partial charge in [0.05, 0.1) is 17.2 Å². The largest absolute Gasteiger partial charge is 0.331 e. The van der Waals surface area contributed by atoms with E-state index in [1.54, 1.807) is 18.3 Å². The van der Waals surface area contributed by atoms with Gasteiger partial charge in [-0.25, -0.2) is 4.98 Å². The topological polar surface area (TPSA) is 49.3 Å². The highest BCUT2D eigenvalue weighted by Gasteiger charge is 2.06. The van der Waals surface area contributed by atoms with Gasteiger partial charge in [0.15, 0.2) is 5.11 Å². The van der Waals surface area contributed by atoms with E-state index < -0.39 is 0 Å². The van der Waals surface area contributed by atoms with Gasteiger partial charge in [-0.3, -0.25) is 5.43 Å². The summed E-state index contributed by atoms with van der Waals surface area (Å²) in [6.45, 7) is 0. The van der Waals surface area contributed by atoms with Gasteiger partial charge in [0.25, 0.3) is 0 Å². The molecule has 0 amide bonds. The molecule has 4 nitrogen and oxygen atoms in total. The maximum Gasteiger partial charge on any atom is 0.191 e. The molecule has 0 saturated carbocycles. The molecule has 0 fully saturated rings. The molecule has 4 aromatic rings. The molecule has 0 bridgehead atoms. The molecule has 0 unspecified atom stereocenters. The minimum absolute atomic E-state index is 0.399. The molecule has 27 heavy (non-hydrogen) atoms. The van der Waals surface area contributed by atoms with Gasteiger partial charge in [-0.05, 0) is 48.6 Å². The highest BCUT2D eigenvalue weighted by atomic mass is 35.5. The summed E-state index contributed by atoms with van der Waals surface area (Å²) in [5, 5.41) is 10.5. The number of nitrogens with zero attached hydrogens (tertiary/aromatic N) is 2. The number of halogens is 1. The molecule has 0 aliphatic rings. The van der Waals surface area contributed by atoms with Crippen molar-refractivity contribution < 1.29 is 0 Å². The van der Waals surface area contributed by atoms with E-state index in [1.807, 2.05) is 60.7 Å². The summed E-state index contributed by atoms with van der Waals surface area (Å²) < 4.78 is 0. The van der Waals surface area contributed by atoms with Gasteiger partial charge in [-0.15, -0.1) is 0 Å². The molecular formula is C21H15ClN4S. The highest BCUT2D eigenvalue weighted by molar-refractivity contribution is 7.80. The van der Waals surface area contributed by atoms with Gasteiger partial charge in [0.1, 0.15) is 0 Å². The van der Waals surface area contributed by atoms with Crippen molar-refractivity contribution >= 4 is 62.6 Å². The first-order valence-corrected chi connectivity index (χ1v) is 9.12. The van der Waals surface area contributed by atoms with E-state index in [2.05, 4.69) is 15.8 Å². The third kappa shape index (κ3) is 3.89. The number of hydrogen-bond acceptors (Lipinski definition) is 3. The first kappa shape index (κ1) is 17.4. The van der Waals surface area contributed by atoms with Gasteiger partial charge < -0.3 is 5.32 Å². The Bertz CT molecular complexity index is 1100. The number of fused-ring (bicyclic) bond motifs is 2.